The summed E-state index contributed by atoms with van der Waals surface area (Å²) in [6.45, 7) is 7.23. The minimum absolute atomic E-state index is 0.0641. The van der Waals surface area contributed by atoms with Crippen LogP contribution in [0.2, 0.25) is 0 Å². The van der Waals surface area contributed by atoms with Gasteiger partial charge in [-0.3, -0.25) is 9.52 Å². The monoisotopic (exact) mass is 424 g/mol. The smallest absolute Gasteiger partial charge is 0.254 e. The Hall–Kier alpha value is -3.32. The largest absolute Gasteiger partial charge is 0.457 e. The van der Waals surface area contributed by atoms with E-state index in [1.807, 2.05) is 44.2 Å². The normalized spacial score (nSPS) is 11.2. The summed E-state index contributed by atoms with van der Waals surface area (Å²) in [5.74, 6) is 1.20. The molecule has 0 saturated carbocycles. The second-order valence-electron chi connectivity index (χ2n) is 6.96. The summed E-state index contributed by atoms with van der Waals surface area (Å²) in [5, 5.41) is 0.852. The zero-order valence-corrected chi connectivity index (χ0v) is 18.0. The number of hydrogen-bond acceptors (Lipinski definition) is 4. The molecule has 1 N–H and O–H groups in total. The fraction of sp³-hybridized carbons (Fsp3) is 0.174. The molecule has 0 atom stereocenters. The highest BCUT2D eigenvalue weighted by Crippen LogP contribution is 2.36. The van der Waals surface area contributed by atoms with Crippen molar-refractivity contribution in [2.75, 3.05) is 4.72 Å². The van der Waals surface area contributed by atoms with Crippen molar-refractivity contribution in [1.29, 1.82) is 0 Å². The third kappa shape index (κ3) is 4.80. The average molecular weight is 425 g/mol. The SMILES string of the molecule is C=CS(=O)(=O)Nc1ccc(Oc2ccc(C)cc2)c(-c2cc(CC)c(=O)n(C)c2)c1. The van der Waals surface area contributed by atoms with Gasteiger partial charge in [-0.2, -0.15) is 0 Å². The summed E-state index contributed by atoms with van der Waals surface area (Å²) in [5.41, 5.74) is 3.48. The number of aryl methyl sites for hydroxylation is 3. The molecule has 0 spiro atoms. The zero-order chi connectivity index (χ0) is 21.9. The molecule has 0 aliphatic rings. The first-order valence-corrected chi connectivity index (χ1v) is 11.0. The van der Waals surface area contributed by atoms with Crippen LogP contribution in [0, 0.1) is 6.92 Å². The molecular formula is C23H24N2O4S. The van der Waals surface area contributed by atoms with Crippen LogP contribution < -0.4 is 15.0 Å². The molecule has 6 nitrogen and oxygen atoms in total. The second-order valence-corrected chi connectivity index (χ2v) is 8.59. The van der Waals surface area contributed by atoms with Gasteiger partial charge in [-0.15, -0.1) is 0 Å². The van der Waals surface area contributed by atoms with E-state index in [4.69, 9.17) is 4.74 Å². The van der Waals surface area contributed by atoms with Gasteiger partial charge in [-0.1, -0.05) is 31.2 Å². The summed E-state index contributed by atoms with van der Waals surface area (Å²) in [6.07, 6.45) is 2.29. The van der Waals surface area contributed by atoms with E-state index in [0.29, 0.717) is 34.7 Å². The summed E-state index contributed by atoms with van der Waals surface area (Å²) in [7, 11) is -1.97. The minimum Gasteiger partial charge on any atom is -0.457 e. The van der Waals surface area contributed by atoms with E-state index in [0.717, 1.165) is 16.5 Å². The molecule has 156 valence electrons. The molecule has 0 bridgehead atoms. The lowest BCUT2D eigenvalue weighted by Gasteiger charge is -2.15. The maximum Gasteiger partial charge on any atom is 0.254 e. The summed E-state index contributed by atoms with van der Waals surface area (Å²) in [6, 6.07) is 14.4. The highest BCUT2D eigenvalue weighted by Gasteiger charge is 2.14. The molecular weight excluding hydrogens is 400 g/mol. The molecule has 2 aromatic carbocycles. The Bertz CT molecular complexity index is 1240. The standard InChI is InChI=1S/C23H24N2O4S/c1-5-17-13-18(15-25(4)23(17)26)21-14-19(24-30(27,28)6-2)9-12-22(21)29-20-10-7-16(3)8-11-20/h6-15,24H,2,5H2,1,3-4H3. The molecule has 7 heteroatoms. The van der Waals surface area contributed by atoms with Crippen molar-refractivity contribution >= 4 is 15.7 Å². The highest BCUT2D eigenvalue weighted by atomic mass is 32.2. The van der Waals surface area contributed by atoms with Gasteiger partial charge in [-0.05, 0) is 49.7 Å². The van der Waals surface area contributed by atoms with E-state index >= 15 is 0 Å². The summed E-state index contributed by atoms with van der Waals surface area (Å²) >= 11 is 0. The van der Waals surface area contributed by atoms with Crippen LogP contribution in [0.4, 0.5) is 5.69 Å². The van der Waals surface area contributed by atoms with Gasteiger partial charge in [0.1, 0.15) is 11.5 Å². The van der Waals surface area contributed by atoms with E-state index in [1.54, 1.807) is 31.4 Å². The quantitative estimate of drug-likeness (QED) is 0.601. The van der Waals surface area contributed by atoms with Gasteiger partial charge in [0.2, 0.25) is 0 Å². The molecule has 1 heterocycles. The third-order valence-electron chi connectivity index (χ3n) is 4.66. The number of rotatable bonds is 7. The van der Waals surface area contributed by atoms with Crippen molar-refractivity contribution in [2.45, 2.75) is 20.3 Å². The van der Waals surface area contributed by atoms with Gasteiger partial charge in [0.05, 0.1) is 0 Å². The molecule has 0 fully saturated rings. The lowest BCUT2D eigenvalue weighted by molar-refractivity contribution is 0.484. The van der Waals surface area contributed by atoms with Crippen LogP contribution in [0.15, 0.2) is 71.5 Å². The van der Waals surface area contributed by atoms with Crippen LogP contribution in [0.3, 0.4) is 0 Å². The lowest BCUT2D eigenvalue weighted by Crippen LogP contribution is -2.20. The molecule has 30 heavy (non-hydrogen) atoms. The lowest BCUT2D eigenvalue weighted by atomic mass is 10.0. The third-order valence-corrected chi connectivity index (χ3v) is 5.62. The second kappa shape index (κ2) is 8.59. The van der Waals surface area contributed by atoms with Crippen molar-refractivity contribution in [2.24, 2.45) is 7.05 Å². The molecule has 0 saturated heterocycles. The van der Waals surface area contributed by atoms with Crippen LogP contribution in [0.1, 0.15) is 18.1 Å². The summed E-state index contributed by atoms with van der Waals surface area (Å²) < 4.78 is 33.9. The van der Waals surface area contributed by atoms with E-state index in [2.05, 4.69) is 11.3 Å². The van der Waals surface area contributed by atoms with Gasteiger partial charge < -0.3 is 9.30 Å². The number of anilines is 1. The van der Waals surface area contributed by atoms with Crippen LogP contribution in [-0.4, -0.2) is 13.0 Å². The van der Waals surface area contributed by atoms with Gasteiger partial charge >= 0.3 is 0 Å². The first-order valence-electron chi connectivity index (χ1n) is 9.46. The number of nitrogens with zero attached hydrogens (tertiary/aromatic N) is 1. The van der Waals surface area contributed by atoms with E-state index in [1.165, 1.54) is 4.57 Å². The molecule has 3 rings (SSSR count). The number of benzene rings is 2. The van der Waals surface area contributed by atoms with E-state index < -0.39 is 10.0 Å². The highest BCUT2D eigenvalue weighted by molar-refractivity contribution is 7.95. The Balaban J connectivity index is 2.15. The first-order chi connectivity index (χ1) is 14.2. The first kappa shape index (κ1) is 21.4. The average Bonchev–Trinajstić information content (AvgIpc) is 2.72. The number of pyridine rings is 1. The Morgan fingerprint density at radius 2 is 1.83 bits per heavy atom. The van der Waals surface area contributed by atoms with Crippen molar-refractivity contribution in [1.82, 2.24) is 4.57 Å². The van der Waals surface area contributed by atoms with Crippen LogP contribution in [-0.2, 0) is 23.5 Å². The molecule has 0 radical (unpaired) electrons. The fourth-order valence-corrected chi connectivity index (χ4v) is 3.57. The number of hydrogen-bond donors (Lipinski definition) is 1. The van der Waals surface area contributed by atoms with E-state index in [-0.39, 0.29) is 5.56 Å². The molecule has 1 aromatic heterocycles. The van der Waals surface area contributed by atoms with Gasteiger partial charge in [0.15, 0.2) is 0 Å². The van der Waals surface area contributed by atoms with Crippen LogP contribution in [0.5, 0.6) is 11.5 Å². The molecule has 0 amide bonds. The number of nitrogens with one attached hydrogen (secondary N) is 1. The number of aromatic nitrogens is 1. The maximum absolute atomic E-state index is 12.3. The zero-order valence-electron chi connectivity index (χ0n) is 17.2. The van der Waals surface area contributed by atoms with Gasteiger partial charge in [0, 0.05) is 41.0 Å². The predicted molar refractivity (Wildman–Crippen MR) is 120 cm³/mol. The summed E-state index contributed by atoms with van der Waals surface area (Å²) in [4.78, 5) is 12.3. The Labute approximate surface area is 176 Å². The van der Waals surface area contributed by atoms with Gasteiger partial charge in [-0.25, -0.2) is 8.42 Å². The number of ether oxygens (including phenoxy) is 1. The molecule has 0 aliphatic carbocycles. The number of sulfonamides is 1. The minimum atomic E-state index is -3.66. The van der Waals surface area contributed by atoms with Crippen LogP contribution >= 0.6 is 0 Å². The Morgan fingerprint density at radius 1 is 1.13 bits per heavy atom. The van der Waals surface area contributed by atoms with E-state index in [9.17, 15) is 13.2 Å². The molecule has 0 aliphatic heterocycles. The molecule has 0 unspecified atom stereocenters. The van der Waals surface area contributed by atoms with Crippen molar-refractivity contribution in [3.63, 3.8) is 0 Å². The fourth-order valence-electron chi connectivity index (χ4n) is 3.03. The Morgan fingerprint density at radius 3 is 2.47 bits per heavy atom. The predicted octanol–water partition coefficient (Wildman–Crippen LogP) is 4.60. The van der Waals surface area contributed by atoms with Crippen molar-refractivity contribution in [3.05, 3.63) is 88.2 Å². The van der Waals surface area contributed by atoms with Crippen LogP contribution in [0.25, 0.3) is 11.1 Å². The van der Waals surface area contributed by atoms with Crippen molar-refractivity contribution < 1.29 is 13.2 Å². The maximum atomic E-state index is 12.3. The van der Waals surface area contributed by atoms with Gasteiger partial charge in [0.25, 0.3) is 15.6 Å². The Kier molecular flexibility index (Phi) is 6.12. The van der Waals surface area contributed by atoms with Crippen molar-refractivity contribution in [3.8, 4) is 22.6 Å². The topological polar surface area (TPSA) is 77.4 Å². The molecule has 3 aromatic rings.